The van der Waals surface area contributed by atoms with E-state index >= 15 is 0 Å². The number of aliphatic carboxylic acids is 1. The van der Waals surface area contributed by atoms with Crippen LogP contribution >= 0.6 is 34.7 Å². The number of carbonyl (C=O) groups is 1. The summed E-state index contributed by atoms with van der Waals surface area (Å²) in [5, 5.41) is 15.1. The summed E-state index contributed by atoms with van der Waals surface area (Å²) in [7, 11) is 0. The van der Waals surface area contributed by atoms with Gasteiger partial charge in [0.2, 0.25) is 0 Å². The van der Waals surface area contributed by atoms with Gasteiger partial charge in [-0.15, -0.1) is 0 Å². The summed E-state index contributed by atoms with van der Waals surface area (Å²) >= 11 is 9.22. The molecule has 3 nitrogen and oxygen atoms in total. The van der Waals surface area contributed by atoms with E-state index in [4.69, 9.17) is 11.6 Å². The molecule has 0 saturated heterocycles. The Kier molecular flexibility index (Phi) is 5.09. The van der Waals surface area contributed by atoms with E-state index in [2.05, 4.69) is 4.57 Å². The highest BCUT2D eigenvalue weighted by atomic mass is 35.5. The minimum Gasteiger partial charge on any atom is -0.481 e. The number of rotatable bonds is 5. The zero-order valence-electron chi connectivity index (χ0n) is 15.8. The second-order valence-electron chi connectivity index (χ2n) is 7.36. The van der Waals surface area contributed by atoms with Gasteiger partial charge in [-0.1, -0.05) is 23.4 Å². The van der Waals surface area contributed by atoms with Crippen molar-refractivity contribution in [1.82, 2.24) is 4.57 Å². The topological polar surface area (TPSA) is 42.2 Å². The van der Waals surface area contributed by atoms with Gasteiger partial charge in [0.05, 0.1) is 11.9 Å². The number of carboxylic acids is 1. The fourth-order valence-corrected chi connectivity index (χ4v) is 6.26. The Morgan fingerprint density at radius 1 is 1.27 bits per heavy atom. The van der Waals surface area contributed by atoms with Gasteiger partial charge in [-0.3, -0.25) is 4.79 Å². The van der Waals surface area contributed by atoms with Crippen LogP contribution in [0.5, 0.6) is 0 Å². The molecule has 2 aromatic carbocycles. The summed E-state index contributed by atoms with van der Waals surface area (Å²) in [5.41, 5.74) is 3.64. The van der Waals surface area contributed by atoms with Gasteiger partial charge in [0, 0.05) is 38.4 Å². The van der Waals surface area contributed by atoms with Crippen molar-refractivity contribution in [2.24, 2.45) is 0 Å². The molecule has 1 atom stereocenters. The fraction of sp³-hybridized carbons (Fsp3) is 0.174. The van der Waals surface area contributed by atoms with Gasteiger partial charge in [-0.2, -0.15) is 11.3 Å². The molecule has 0 radical (unpaired) electrons. The second-order valence-corrected chi connectivity index (χ2v) is 9.67. The molecule has 30 heavy (non-hydrogen) atoms. The van der Waals surface area contributed by atoms with Crippen LogP contribution in [0.3, 0.4) is 0 Å². The van der Waals surface area contributed by atoms with Crippen molar-refractivity contribution in [3.8, 4) is 11.1 Å². The Balaban J connectivity index is 1.78. The third-order valence-electron chi connectivity index (χ3n) is 5.50. The molecule has 1 N–H and O–H groups in total. The van der Waals surface area contributed by atoms with Crippen molar-refractivity contribution in [2.75, 3.05) is 0 Å². The molecule has 5 rings (SSSR count). The number of benzene rings is 2. The molecule has 0 saturated carbocycles. The van der Waals surface area contributed by atoms with Crippen molar-refractivity contribution in [3.63, 3.8) is 0 Å². The predicted octanol–water partition coefficient (Wildman–Crippen LogP) is 7.28. The molecule has 0 bridgehead atoms. The van der Waals surface area contributed by atoms with E-state index in [1.807, 2.05) is 41.1 Å². The van der Waals surface area contributed by atoms with Crippen molar-refractivity contribution >= 4 is 51.6 Å². The van der Waals surface area contributed by atoms with Gasteiger partial charge in [0.25, 0.3) is 0 Å². The van der Waals surface area contributed by atoms with Gasteiger partial charge in [0.1, 0.15) is 5.82 Å². The van der Waals surface area contributed by atoms with Gasteiger partial charge in [-0.25, -0.2) is 4.39 Å². The Morgan fingerprint density at radius 3 is 2.77 bits per heavy atom. The Labute approximate surface area is 186 Å². The smallest absolute Gasteiger partial charge is 0.304 e. The van der Waals surface area contributed by atoms with Crippen LogP contribution in [0.2, 0.25) is 5.02 Å². The molecule has 1 aliphatic rings. The molecule has 0 fully saturated rings. The molecular weight excluding hydrogens is 441 g/mol. The molecule has 1 unspecified atom stereocenters. The molecule has 7 heteroatoms. The highest BCUT2D eigenvalue weighted by molar-refractivity contribution is 7.99. The first-order valence-corrected chi connectivity index (χ1v) is 11.7. The SMILES string of the molecule is O=C(O)CC1CCn2c1c(Sc1ccc(Cl)cc1)c1c(-c3ccsc3)cc(F)cc12. The predicted molar refractivity (Wildman–Crippen MR) is 120 cm³/mol. The number of carboxylic acid groups (broad SMARTS) is 1. The highest BCUT2D eigenvalue weighted by Gasteiger charge is 2.33. The van der Waals surface area contributed by atoms with Gasteiger partial charge in [-0.05, 0) is 70.8 Å². The van der Waals surface area contributed by atoms with Crippen LogP contribution in [0.1, 0.15) is 24.5 Å². The van der Waals surface area contributed by atoms with E-state index in [9.17, 15) is 14.3 Å². The molecule has 0 amide bonds. The summed E-state index contributed by atoms with van der Waals surface area (Å²) in [6, 6.07) is 12.7. The number of thiophene rings is 1. The zero-order chi connectivity index (χ0) is 20.8. The minimum atomic E-state index is -0.814. The van der Waals surface area contributed by atoms with Gasteiger partial charge < -0.3 is 9.67 Å². The van der Waals surface area contributed by atoms with Crippen molar-refractivity contribution in [1.29, 1.82) is 0 Å². The molecule has 3 heterocycles. The molecule has 1 aliphatic heterocycles. The van der Waals surface area contributed by atoms with E-state index in [0.29, 0.717) is 11.6 Å². The fourth-order valence-electron chi connectivity index (χ4n) is 4.27. The average Bonchev–Trinajstić information content (AvgIpc) is 3.42. The molecule has 152 valence electrons. The molecule has 0 aliphatic carbocycles. The first-order valence-electron chi connectivity index (χ1n) is 9.54. The maximum Gasteiger partial charge on any atom is 0.304 e. The Bertz CT molecular complexity index is 1250. The van der Waals surface area contributed by atoms with Crippen LogP contribution in [0.15, 0.2) is 63.0 Å². The lowest BCUT2D eigenvalue weighted by Crippen LogP contribution is -2.04. The van der Waals surface area contributed by atoms with Crippen LogP contribution in [-0.2, 0) is 11.3 Å². The average molecular weight is 458 g/mol. The number of halogens is 2. The summed E-state index contributed by atoms with van der Waals surface area (Å²) in [6.07, 6.45) is 0.816. The van der Waals surface area contributed by atoms with Gasteiger partial charge in [0.15, 0.2) is 0 Å². The minimum absolute atomic E-state index is 0.0702. The first kappa shape index (κ1) is 19.7. The van der Waals surface area contributed by atoms with Crippen molar-refractivity contribution < 1.29 is 14.3 Å². The number of aryl methyl sites for hydroxylation is 1. The number of hydrogen-bond acceptors (Lipinski definition) is 3. The normalized spacial score (nSPS) is 15.6. The standard InChI is InChI=1S/C23H17ClFNO2S2/c24-15-1-3-17(4-2-15)30-23-21-18(14-6-8-29-12-14)10-16(25)11-19(21)26-7-5-13(22(23)26)9-20(27)28/h1-4,6,8,10-13H,5,7,9H2,(H,27,28). The third kappa shape index (κ3) is 3.43. The quantitative estimate of drug-likeness (QED) is 0.342. The molecule has 0 spiro atoms. The summed E-state index contributed by atoms with van der Waals surface area (Å²) in [5.74, 6) is -1.19. The molecule has 4 aromatic rings. The lowest BCUT2D eigenvalue weighted by atomic mass is 9.98. The van der Waals surface area contributed by atoms with Crippen molar-refractivity contribution in [3.05, 3.63) is 69.8 Å². The summed E-state index contributed by atoms with van der Waals surface area (Å²) in [4.78, 5) is 13.5. The monoisotopic (exact) mass is 457 g/mol. The zero-order valence-corrected chi connectivity index (χ0v) is 18.2. The van der Waals surface area contributed by atoms with E-state index in [-0.39, 0.29) is 18.2 Å². The highest BCUT2D eigenvalue weighted by Crippen LogP contribution is 2.49. The largest absolute Gasteiger partial charge is 0.481 e. The van der Waals surface area contributed by atoms with Crippen LogP contribution in [0.25, 0.3) is 22.0 Å². The lowest BCUT2D eigenvalue weighted by Gasteiger charge is -2.12. The van der Waals surface area contributed by atoms with Gasteiger partial charge >= 0.3 is 5.97 Å². The van der Waals surface area contributed by atoms with Crippen LogP contribution in [0.4, 0.5) is 4.39 Å². The molecular formula is C23H17ClFNO2S2. The Hall–Kier alpha value is -2.28. The lowest BCUT2D eigenvalue weighted by molar-refractivity contribution is -0.137. The second kappa shape index (κ2) is 7.76. The van der Waals surface area contributed by atoms with Crippen LogP contribution in [0, 0.1) is 5.82 Å². The van der Waals surface area contributed by atoms with Crippen LogP contribution in [-0.4, -0.2) is 15.6 Å². The number of aromatic nitrogens is 1. The number of hydrogen-bond donors (Lipinski definition) is 1. The van der Waals surface area contributed by atoms with Crippen molar-refractivity contribution in [2.45, 2.75) is 35.1 Å². The van der Waals surface area contributed by atoms with E-state index in [1.165, 1.54) is 0 Å². The maximum absolute atomic E-state index is 14.6. The number of fused-ring (bicyclic) bond motifs is 3. The third-order valence-corrected chi connectivity index (χ3v) is 7.56. The van der Waals surface area contributed by atoms with E-state index < -0.39 is 5.97 Å². The van der Waals surface area contributed by atoms with E-state index in [0.717, 1.165) is 43.9 Å². The molecule has 2 aromatic heterocycles. The van der Waals surface area contributed by atoms with E-state index in [1.54, 1.807) is 35.2 Å². The summed E-state index contributed by atoms with van der Waals surface area (Å²) in [6.45, 7) is 0.692. The summed E-state index contributed by atoms with van der Waals surface area (Å²) < 4.78 is 16.7. The maximum atomic E-state index is 14.6. The first-order chi connectivity index (χ1) is 14.5. The Morgan fingerprint density at radius 2 is 2.07 bits per heavy atom. The number of nitrogens with zero attached hydrogens (tertiary/aromatic N) is 1. The van der Waals surface area contributed by atoms with Crippen LogP contribution < -0.4 is 0 Å².